The van der Waals surface area contributed by atoms with Crippen LogP contribution in [0.4, 0.5) is 0 Å². The van der Waals surface area contributed by atoms with Gasteiger partial charge in [0, 0.05) is 24.0 Å². The summed E-state index contributed by atoms with van der Waals surface area (Å²) in [6.07, 6.45) is 0.784. The van der Waals surface area contributed by atoms with Crippen molar-refractivity contribution in [2.45, 2.75) is 18.9 Å². The SMILES string of the molecule is C[C@@H]1CN(C)CC[C@]1(O)c1ccc(Cl)cc1. The number of hydrogen-bond acceptors (Lipinski definition) is 2. The minimum Gasteiger partial charge on any atom is -0.385 e. The van der Waals surface area contributed by atoms with Crippen molar-refractivity contribution in [3.63, 3.8) is 0 Å². The second kappa shape index (κ2) is 4.36. The first kappa shape index (κ1) is 11.9. The summed E-state index contributed by atoms with van der Waals surface area (Å²) in [5.41, 5.74) is 0.286. The summed E-state index contributed by atoms with van der Waals surface area (Å²) in [6.45, 7) is 3.97. The van der Waals surface area contributed by atoms with Gasteiger partial charge in [0.25, 0.3) is 0 Å². The third-order valence-corrected chi connectivity index (χ3v) is 3.87. The van der Waals surface area contributed by atoms with Crippen LogP contribution < -0.4 is 0 Å². The molecule has 0 aromatic heterocycles. The van der Waals surface area contributed by atoms with E-state index in [1.54, 1.807) is 0 Å². The van der Waals surface area contributed by atoms with Gasteiger partial charge in [-0.1, -0.05) is 30.7 Å². The standard InChI is InChI=1S/C13H18ClNO/c1-10-9-15(2)8-7-13(10,16)11-3-5-12(14)6-4-11/h3-6,10,16H,7-9H2,1-2H3/t10-,13-/m1/s1. The van der Waals surface area contributed by atoms with Crippen LogP contribution in [0.15, 0.2) is 24.3 Å². The first-order valence-corrected chi connectivity index (χ1v) is 6.07. The molecule has 0 amide bonds. The quantitative estimate of drug-likeness (QED) is 0.814. The van der Waals surface area contributed by atoms with Gasteiger partial charge in [-0.3, -0.25) is 0 Å². The summed E-state index contributed by atoms with van der Waals surface area (Å²) in [4.78, 5) is 2.26. The highest BCUT2D eigenvalue weighted by atomic mass is 35.5. The zero-order valence-electron chi connectivity index (χ0n) is 9.78. The highest BCUT2D eigenvalue weighted by Gasteiger charge is 2.39. The van der Waals surface area contributed by atoms with Crippen LogP contribution in [0.1, 0.15) is 18.9 Å². The second-order valence-electron chi connectivity index (χ2n) is 4.84. The van der Waals surface area contributed by atoms with Crippen molar-refractivity contribution < 1.29 is 5.11 Å². The van der Waals surface area contributed by atoms with Gasteiger partial charge in [0.15, 0.2) is 0 Å². The highest BCUT2D eigenvalue weighted by Crippen LogP contribution is 2.37. The van der Waals surface area contributed by atoms with Crippen molar-refractivity contribution >= 4 is 11.6 Å². The largest absolute Gasteiger partial charge is 0.385 e. The number of rotatable bonds is 1. The summed E-state index contributed by atoms with van der Waals surface area (Å²) in [5.74, 6) is 0.243. The number of likely N-dealkylation sites (tertiary alicyclic amines) is 1. The number of hydrogen-bond donors (Lipinski definition) is 1. The first-order valence-electron chi connectivity index (χ1n) is 5.69. The Labute approximate surface area is 102 Å². The monoisotopic (exact) mass is 239 g/mol. The van der Waals surface area contributed by atoms with E-state index in [-0.39, 0.29) is 5.92 Å². The van der Waals surface area contributed by atoms with Gasteiger partial charge in [0.1, 0.15) is 0 Å². The third kappa shape index (κ3) is 2.10. The van der Waals surface area contributed by atoms with Crippen LogP contribution in [-0.4, -0.2) is 30.1 Å². The molecule has 0 radical (unpaired) electrons. The summed E-state index contributed by atoms with van der Waals surface area (Å²) >= 11 is 5.87. The maximum atomic E-state index is 10.8. The molecule has 2 nitrogen and oxygen atoms in total. The Morgan fingerprint density at radius 3 is 2.56 bits per heavy atom. The van der Waals surface area contributed by atoms with Crippen LogP contribution in [0.25, 0.3) is 0 Å². The van der Waals surface area contributed by atoms with E-state index in [0.29, 0.717) is 5.02 Å². The molecule has 1 aromatic carbocycles. The van der Waals surface area contributed by atoms with Crippen molar-refractivity contribution in [3.8, 4) is 0 Å². The van der Waals surface area contributed by atoms with E-state index in [0.717, 1.165) is 25.1 Å². The summed E-state index contributed by atoms with van der Waals surface area (Å²) in [6, 6.07) is 7.56. The van der Waals surface area contributed by atoms with E-state index in [1.807, 2.05) is 24.3 Å². The molecule has 1 saturated heterocycles. The lowest BCUT2D eigenvalue weighted by Crippen LogP contribution is -2.47. The molecule has 0 aliphatic carbocycles. The van der Waals surface area contributed by atoms with Gasteiger partial charge in [-0.05, 0) is 31.2 Å². The molecular formula is C13H18ClNO. The second-order valence-corrected chi connectivity index (χ2v) is 5.28. The molecule has 1 heterocycles. The Balaban J connectivity index is 2.27. The normalized spacial score (nSPS) is 31.6. The molecule has 0 spiro atoms. The van der Waals surface area contributed by atoms with Gasteiger partial charge in [-0.15, -0.1) is 0 Å². The van der Waals surface area contributed by atoms with Crippen molar-refractivity contribution in [2.75, 3.05) is 20.1 Å². The summed E-state index contributed by atoms with van der Waals surface area (Å²) in [7, 11) is 2.10. The maximum absolute atomic E-state index is 10.8. The number of benzene rings is 1. The van der Waals surface area contributed by atoms with Crippen LogP contribution >= 0.6 is 11.6 Å². The molecule has 0 bridgehead atoms. The topological polar surface area (TPSA) is 23.5 Å². The fourth-order valence-electron chi connectivity index (χ4n) is 2.48. The van der Waals surface area contributed by atoms with Crippen molar-refractivity contribution in [1.29, 1.82) is 0 Å². The molecule has 1 N–H and O–H groups in total. The average Bonchev–Trinajstić information content (AvgIpc) is 2.25. The van der Waals surface area contributed by atoms with E-state index in [2.05, 4.69) is 18.9 Å². The number of halogens is 1. The van der Waals surface area contributed by atoms with Crippen LogP contribution in [0, 0.1) is 5.92 Å². The van der Waals surface area contributed by atoms with Crippen molar-refractivity contribution in [2.24, 2.45) is 5.92 Å². The molecule has 3 heteroatoms. The molecule has 2 rings (SSSR count). The molecule has 0 unspecified atom stereocenters. The third-order valence-electron chi connectivity index (χ3n) is 3.62. The number of piperidine rings is 1. The average molecular weight is 240 g/mol. The zero-order chi connectivity index (χ0) is 11.8. The summed E-state index contributed by atoms with van der Waals surface area (Å²) < 4.78 is 0. The Bertz CT molecular complexity index is 365. The van der Waals surface area contributed by atoms with Gasteiger partial charge < -0.3 is 10.0 Å². The van der Waals surface area contributed by atoms with E-state index in [4.69, 9.17) is 11.6 Å². The predicted molar refractivity (Wildman–Crippen MR) is 66.6 cm³/mol. The molecule has 1 aliphatic heterocycles. The van der Waals surface area contributed by atoms with E-state index >= 15 is 0 Å². The number of aliphatic hydroxyl groups is 1. The lowest BCUT2D eigenvalue weighted by molar-refractivity contribution is -0.0659. The fraction of sp³-hybridized carbons (Fsp3) is 0.538. The van der Waals surface area contributed by atoms with Crippen LogP contribution in [0.5, 0.6) is 0 Å². The van der Waals surface area contributed by atoms with E-state index in [9.17, 15) is 5.11 Å². The lowest BCUT2D eigenvalue weighted by atomic mass is 9.77. The van der Waals surface area contributed by atoms with E-state index < -0.39 is 5.60 Å². The zero-order valence-corrected chi connectivity index (χ0v) is 10.5. The lowest BCUT2D eigenvalue weighted by Gasteiger charge is -2.42. The molecule has 1 aromatic rings. The maximum Gasteiger partial charge on any atom is 0.0946 e. The van der Waals surface area contributed by atoms with Crippen LogP contribution in [0.3, 0.4) is 0 Å². The highest BCUT2D eigenvalue weighted by molar-refractivity contribution is 6.30. The molecule has 16 heavy (non-hydrogen) atoms. The summed E-state index contributed by atoms with van der Waals surface area (Å²) in [5, 5.41) is 11.5. The van der Waals surface area contributed by atoms with Gasteiger partial charge in [-0.25, -0.2) is 0 Å². The van der Waals surface area contributed by atoms with Crippen molar-refractivity contribution in [3.05, 3.63) is 34.9 Å². The molecule has 88 valence electrons. The number of nitrogens with zero attached hydrogens (tertiary/aromatic N) is 1. The Morgan fingerprint density at radius 2 is 2.00 bits per heavy atom. The Kier molecular flexibility index (Phi) is 3.24. The van der Waals surface area contributed by atoms with Gasteiger partial charge in [0.05, 0.1) is 5.60 Å². The van der Waals surface area contributed by atoms with Gasteiger partial charge in [-0.2, -0.15) is 0 Å². The predicted octanol–water partition coefficient (Wildman–Crippen LogP) is 2.50. The van der Waals surface area contributed by atoms with Crippen LogP contribution in [-0.2, 0) is 5.60 Å². The minimum atomic E-state index is -0.697. The molecular weight excluding hydrogens is 222 g/mol. The van der Waals surface area contributed by atoms with Gasteiger partial charge in [0.2, 0.25) is 0 Å². The van der Waals surface area contributed by atoms with Gasteiger partial charge >= 0.3 is 0 Å². The smallest absolute Gasteiger partial charge is 0.0946 e. The fourth-order valence-corrected chi connectivity index (χ4v) is 2.61. The molecule has 1 aliphatic rings. The minimum absolute atomic E-state index is 0.243. The Hall–Kier alpha value is -0.570. The molecule has 2 atom stereocenters. The van der Waals surface area contributed by atoms with Crippen LogP contribution in [0.2, 0.25) is 5.02 Å². The molecule has 0 saturated carbocycles. The molecule has 1 fully saturated rings. The van der Waals surface area contributed by atoms with E-state index in [1.165, 1.54) is 0 Å². The Morgan fingerprint density at radius 1 is 1.38 bits per heavy atom. The first-order chi connectivity index (χ1) is 7.52. The van der Waals surface area contributed by atoms with Crippen molar-refractivity contribution in [1.82, 2.24) is 4.90 Å².